The number of benzene rings is 2. The van der Waals surface area contributed by atoms with Gasteiger partial charge in [0.2, 0.25) is 12.7 Å². The minimum atomic E-state index is -0.992. The number of aromatic nitrogens is 2. The van der Waals surface area contributed by atoms with Crippen molar-refractivity contribution < 1.29 is 27.8 Å². The summed E-state index contributed by atoms with van der Waals surface area (Å²) in [4.78, 5) is 18.6. The Morgan fingerprint density at radius 3 is 2.55 bits per heavy atom. The molecule has 1 aliphatic heterocycles. The number of hydrogen-bond donors (Lipinski definition) is 1. The molecule has 38 heavy (non-hydrogen) atoms. The molecule has 1 unspecified atom stereocenters. The van der Waals surface area contributed by atoms with Crippen molar-refractivity contribution in [2.45, 2.75) is 76.5 Å². The molecule has 0 radical (unpaired) electrons. The third kappa shape index (κ3) is 5.08. The number of nitrogens with one attached hydrogen (secondary N) is 1. The molecule has 2 aromatic carbocycles. The third-order valence-corrected chi connectivity index (χ3v) is 8.03. The van der Waals surface area contributed by atoms with Gasteiger partial charge in [0.25, 0.3) is 0 Å². The number of nitrogens with zero attached hydrogens (tertiary/aromatic N) is 2. The van der Waals surface area contributed by atoms with Gasteiger partial charge in [-0.15, -0.1) is 0 Å². The minimum absolute atomic E-state index is 0.0778. The van der Waals surface area contributed by atoms with E-state index in [2.05, 4.69) is 10.3 Å². The number of hydrogen-bond acceptors (Lipinski definition) is 5. The van der Waals surface area contributed by atoms with E-state index in [0.717, 1.165) is 50.7 Å². The molecule has 7 nitrogen and oxygen atoms in total. The molecule has 0 bridgehead atoms. The molecule has 3 aliphatic rings. The second kappa shape index (κ2) is 10.9. The summed E-state index contributed by atoms with van der Waals surface area (Å²) in [6, 6.07) is 6.75. The number of ether oxygens (including phenoxy) is 3. The van der Waals surface area contributed by atoms with Crippen LogP contribution in [0.1, 0.15) is 75.2 Å². The Kier molecular flexibility index (Phi) is 7.19. The molecular weight excluding hydrogens is 492 g/mol. The fraction of sp³-hybridized carbons (Fsp3) is 0.517. The lowest BCUT2D eigenvalue weighted by atomic mass is 9.90. The van der Waals surface area contributed by atoms with Crippen molar-refractivity contribution in [1.29, 1.82) is 0 Å². The minimum Gasteiger partial charge on any atom is -0.454 e. The molecule has 9 heteroatoms. The van der Waals surface area contributed by atoms with Crippen molar-refractivity contribution in [3.63, 3.8) is 0 Å². The first kappa shape index (κ1) is 25.1. The van der Waals surface area contributed by atoms with E-state index in [9.17, 15) is 13.6 Å². The van der Waals surface area contributed by atoms with Crippen LogP contribution in [0.3, 0.4) is 0 Å². The Hall–Kier alpha value is -3.20. The Morgan fingerprint density at radius 1 is 1.00 bits per heavy atom. The largest absolute Gasteiger partial charge is 0.454 e. The smallest absolute Gasteiger partial charge is 0.247 e. The molecule has 6 rings (SSSR count). The first-order valence-electron chi connectivity index (χ1n) is 13.7. The van der Waals surface area contributed by atoms with Gasteiger partial charge >= 0.3 is 0 Å². The summed E-state index contributed by atoms with van der Waals surface area (Å²) in [7, 11) is 0. The fourth-order valence-electron chi connectivity index (χ4n) is 6.05. The highest BCUT2D eigenvalue weighted by Crippen LogP contribution is 2.37. The fourth-order valence-corrected chi connectivity index (χ4v) is 6.05. The van der Waals surface area contributed by atoms with Crippen LogP contribution in [0, 0.1) is 17.6 Å². The van der Waals surface area contributed by atoms with Gasteiger partial charge in [0, 0.05) is 24.8 Å². The molecule has 0 spiro atoms. The van der Waals surface area contributed by atoms with Crippen LogP contribution < -0.4 is 14.8 Å². The van der Waals surface area contributed by atoms with E-state index in [1.54, 1.807) is 16.7 Å². The van der Waals surface area contributed by atoms with Gasteiger partial charge in [-0.25, -0.2) is 13.8 Å². The van der Waals surface area contributed by atoms with Gasteiger partial charge in [0.1, 0.15) is 18.5 Å². The zero-order valence-electron chi connectivity index (χ0n) is 21.4. The van der Waals surface area contributed by atoms with Crippen LogP contribution in [0.5, 0.6) is 11.5 Å². The van der Waals surface area contributed by atoms with E-state index in [4.69, 9.17) is 14.2 Å². The van der Waals surface area contributed by atoms with Crippen LogP contribution in [-0.4, -0.2) is 34.9 Å². The lowest BCUT2D eigenvalue weighted by Gasteiger charge is -2.25. The molecular formula is C29H33F2N3O4. The predicted molar refractivity (Wildman–Crippen MR) is 137 cm³/mol. The van der Waals surface area contributed by atoms with Gasteiger partial charge in [0.05, 0.1) is 11.0 Å². The second-order valence-corrected chi connectivity index (χ2v) is 10.7. The van der Waals surface area contributed by atoms with Crippen LogP contribution in [0.2, 0.25) is 0 Å². The van der Waals surface area contributed by atoms with E-state index in [-0.39, 0.29) is 30.9 Å². The summed E-state index contributed by atoms with van der Waals surface area (Å²) in [6.45, 7) is 0.831. The maximum Gasteiger partial charge on any atom is 0.247 e. The maximum atomic E-state index is 14.5. The molecule has 1 aromatic heterocycles. The van der Waals surface area contributed by atoms with E-state index in [1.165, 1.54) is 19.3 Å². The predicted octanol–water partition coefficient (Wildman–Crippen LogP) is 5.79. The summed E-state index contributed by atoms with van der Waals surface area (Å²) in [5, 5.41) is 3.19. The Balaban J connectivity index is 1.40. The normalized spacial score (nSPS) is 18.8. The number of amides is 1. The summed E-state index contributed by atoms with van der Waals surface area (Å²) in [5.74, 6) is -0.118. The van der Waals surface area contributed by atoms with E-state index in [0.29, 0.717) is 40.9 Å². The molecule has 2 saturated carbocycles. The van der Waals surface area contributed by atoms with Gasteiger partial charge in [-0.1, -0.05) is 38.2 Å². The number of halogens is 2. The topological polar surface area (TPSA) is 74.6 Å². The summed E-state index contributed by atoms with van der Waals surface area (Å²) >= 11 is 0. The Bertz CT molecular complexity index is 1310. The quantitative estimate of drug-likeness (QED) is 0.403. The molecule has 1 amide bonds. The van der Waals surface area contributed by atoms with Gasteiger partial charge in [-0.3, -0.25) is 4.79 Å². The molecule has 3 aromatic rings. The monoisotopic (exact) mass is 525 g/mol. The van der Waals surface area contributed by atoms with Crippen LogP contribution in [0.25, 0.3) is 11.0 Å². The first-order chi connectivity index (χ1) is 18.6. The van der Waals surface area contributed by atoms with E-state index >= 15 is 0 Å². The molecule has 2 heterocycles. The second-order valence-electron chi connectivity index (χ2n) is 10.7. The van der Waals surface area contributed by atoms with Gasteiger partial charge in [-0.05, 0) is 49.3 Å². The highest BCUT2D eigenvalue weighted by atomic mass is 19.2. The number of rotatable bonds is 8. The van der Waals surface area contributed by atoms with Crippen LogP contribution in [0.15, 0.2) is 30.3 Å². The number of fused-ring (bicyclic) bond motifs is 2. The molecule has 1 atom stereocenters. The van der Waals surface area contributed by atoms with Crippen LogP contribution in [-0.2, 0) is 16.1 Å². The number of carbonyl (C=O) groups excluding carboxylic acids is 1. The van der Waals surface area contributed by atoms with E-state index in [1.807, 2.05) is 6.07 Å². The highest BCUT2D eigenvalue weighted by Gasteiger charge is 2.32. The SMILES string of the molecule is O=C(NC1CCCC1)C(c1ccc2c(c1)OCO2)n1c(COCC2CCCCC2)nc2cc(F)c(F)cc21. The molecule has 1 N–H and O–H groups in total. The zero-order valence-corrected chi connectivity index (χ0v) is 21.4. The van der Waals surface area contributed by atoms with Crippen molar-refractivity contribution in [2.24, 2.45) is 5.92 Å². The summed E-state index contributed by atoms with van der Waals surface area (Å²) in [5.41, 5.74) is 1.26. The number of imidazole rings is 1. The van der Waals surface area contributed by atoms with Gasteiger partial charge in [-0.2, -0.15) is 0 Å². The number of carbonyl (C=O) groups is 1. The zero-order chi connectivity index (χ0) is 26.1. The standard InChI is InChI=1S/C29H33F2N3O4/c30-21-13-23-24(14-22(21)31)34(27(33-23)16-36-15-18-6-2-1-3-7-18)28(29(35)32-20-8-4-5-9-20)19-10-11-25-26(12-19)38-17-37-25/h10-14,18,20,28H,1-9,15-17H2,(H,32,35). The van der Waals surface area contributed by atoms with Crippen molar-refractivity contribution >= 4 is 16.9 Å². The Labute approximate surface area is 220 Å². The van der Waals surface area contributed by atoms with Gasteiger partial charge < -0.3 is 24.1 Å². The molecule has 202 valence electrons. The highest BCUT2D eigenvalue weighted by molar-refractivity contribution is 5.87. The third-order valence-electron chi connectivity index (χ3n) is 8.03. The summed E-state index contributed by atoms with van der Waals surface area (Å²) < 4.78 is 47.6. The summed E-state index contributed by atoms with van der Waals surface area (Å²) in [6.07, 6.45) is 9.92. The molecule has 0 saturated heterocycles. The first-order valence-corrected chi connectivity index (χ1v) is 13.7. The van der Waals surface area contributed by atoms with E-state index < -0.39 is 17.7 Å². The maximum absolute atomic E-state index is 14.5. The van der Waals surface area contributed by atoms with Crippen molar-refractivity contribution in [2.75, 3.05) is 13.4 Å². The molecule has 2 fully saturated rings. The van der Waals surface area contributed by atoms with Crippen molar-refractivity contribution in [3.8, 4) is 11.5 Å². The van der Waals surface area contributed by atoms with Crippen LogP contribution >= 0.6 is 0 Å². The van der Waals surface area contributed by atoms with Crippen LogP contribution in [0.4, 0.5) is 8.78 Å². The van der Waals surface area contributed by atoms with Crippen molar-refractivity contribution in [1.82, 2.24) is 14.9 Å². The lowest BCUT2D eigenvalue weighted by Crippen LogP contribution is -2.39. The lowest BCUT2D eigenvalue weighted by molar-refractivity contribution is -0.123. The average molecular weight is 526 g/mol. The average Bonchev–Trinajstić information content (AvgIpc) is 3.67. The Morgan fingerprint density at radius 2 is 1.74 bits per heavy atom. The van der Waals surface area contributed by atoms with Gasteiger partial charge in [0.15, 0.2) is 23.1 Å². The molecule has 2 aliphatic carbocycles. The van der Waals surface area contributed by atoms with Crippen molar-refractivity contribution in [3.05, 3.63) is 53.4 Å².